The maximum absolute atomic E-state index is 13.9. The number of hydrogen-bond acceptors (Lipinski definition) is 6. The Bertz CT molecular complexity index is 1190. The summed E-state index contributed by atoms with van der Waals surface area (Å²) in [5.74, 6) is -3.74. The molecule has 0 saturated carbocycles. The maximum atomic E-state index is 13.9. The van der Waals surface area contributed by atoms with Crippen LogP contribution in [0.1, 0.15) is 26.3 Å². The third kappa shape index (κ3) is 6.29. The third-order valence-corrected chi connectivity index (χ3v) is 7.36. The summed E-state index contributed by atoms with van der Waals surface area (Å²) in [6.07, 6.45) is 0. The van der Waals surface area contributed by atoms with Crippen molar-refractivity contribution >= 4 is 26.0 Å². The molecule has 9 nitrogen and oxygen atoms in total. The molecule has 13 heteroatoms. The number of hydrogen-bond donors (Lipinski definition) is 4. The van der Waals surface area contributed by atoms with Crippen LogP contribution in [0, 0.1) is 11.6 Å². The van der Waals surface area contributed by atoms with Gasteiger partial charge in [0.25, 0.3) is 5.91 Å². The van der Waals surface area contributed by atoms with Gasteiger partial charge in [0.1, 0.15) is 22.6 Å². The minimum Gasteiger partial charge on any atom is -0.289 e. The van der Waals surface area contributed by atoms with E-state index >= 15 is 0 Å². The summed E-state index contributed by atoms with van der Waals surface area (Å²) < 4.78 is 80.7. The van der Waals surface area contributed by atoms with Crippen molar-refractivity contribution in [3.8, 4) is 0 Å². The van der Waals surface area contributed by atoms with E-state index in [1.807, 2.05) is 20.8 Å². The summed E-state index contributed by atoms with van der Waals surface area (Å²) in [6.45, 7) is 5.03. The highest BCUT2D eigenvalue weighted by Crippen LogP contribution is 2.23. The van der Waals surface area contributed by atoms with E-state index in [1.54, 1.807) is 16.9 Å². The summed E-state index contributed by atoms with van der Waals surface area (Å²) in [5, 5.41) is 8.88. The SMILES string of the molecule is CC(C)(C)c1ccc(S(=O)(=O)NCC(NS(=O)(=O)c2ccc(F)cc2F)C(=O)NO)cc1. The Morgan fingerprint density at radius 3 is 2.09 bits per heavy atom. The van der Waals surface area contributed by atoms with Crippen LogP contribution in [0.5, 0.6) is 0 Å². The van der Waals surface area contributed by atoms with Gasteiger partial charge in [-0.3, -0.25) is 10.0 Å². The van der Waals surface area contributed by atoms with Gasteiger partial charge < -0.3 is 0 Å². The molecule has 1 atom stereocenters. The van der Waals surface area contributed by atoms with E-state index < -0.39 is 55.1 Å². The molecule has 0 bridgehead atoms. The van der Waals surface area contributed by atoms with E-state index in [0.717, 1.165) is 5.56 Å². The van der Waals surface area contributed by atoms with Crippen molar-refractivity contribution in [3.63, 3.8) is 0 Å². The molecule has 2 rings (SSSR count). The van der Waals surface area contributed by atoms with Gasteiger partial charge in [0.15, 0.2) is 0 Å². The van der Waals surface area contributed by atoms with Crippen LogP contribution in [-0.4, -0.2) is 40.5 Å². The van der Waals surface area contributed by atoms with Crippen LogP contribution in [0.2, 0.25) is 0 Å². The zero-order valence-electron chi connectivity index (χ0n) is 17.4. The van der Waals surface area contributed by atoms with E-state index in [-0.39, 0.29) is 10.3 Å². The number of benzene rings is 2. The van der Waals surface area contributed by atoms with Gasteiger partial charge in [0, 0.05) is 12.6 Å². The second-order valence-electron chi connectivity index (χ2n) is 7.85. The first-order valence-corrected chi connectivity index (χ1v) is 12.2. The summed E-state index contributed by atoms with van der Waals surface area (Å²) >= 11 is 0. The Labute approximate surface area is 184 Å². The summed E-state index contributed by atoms with van der Waals surface area (Å²) in [6, 6.07) is 5.76. The number of rotatable bonds is 8. The van der Waals surface area contributed by atoms with Gasteiger partial charge >= 0.3 is 0 Å². The molecule has 176 valence electrons. The number of nitrogens with one attached hydrogen (secondary N) is 3. The van der Waals surface area contributed by atoms with Crippen LogP contribution in [0.4, 0.5) is 8.78 Å². The van der Waals surface area contributed by atoms with Gasteiger partial charge in [-0.2, -0.15) is 4.72 Å². The number of carbonyl (C=O) groups excluding carboxylic acids is 1. The molecule has 1 unspecified atom stereocenters. The lowest BCUT2D eigenvalue weighted by atomic mass is 9.87. The molecule has 32 heavy (non-hydrogen) atoms. The average molecular weight is 492 g/mol. The number of halogens is 2. The normalized spacial score (nSPS) is 13.6. The van der Waals surface area contributed by atoms with Crippen LogP contribution >= 0.6 is 0 Å². The lowest BCUT2D eigenvalue weighted by Crippen LogP contribution is -2.52. The Morgan fingerprint density at radius 1 is 1.00 bits per heavy atom. The van der Waals surface area contributed by atoms with Gasteiger partial charge in [0.05, 0.1) is 4.90 Å². The van der Waals surface area contributed by atoms with Crippen LogP contribution in [0.3, 0.4) is 0 Å². The number of amides is 1. The maximum Gasteiger partial charge on any atom is 0.262 e. The molecule has 2 aromatic carbocycles. The van der Waals surface area contributed by atoms with E-state index in [1.165, 1.54) is 17.6 Å². The molecule has 4 N–H and O–H groups in total. The highest BCUT2D eigenvalue weighted by atomic mass is 32.2. The number of carbonyl (C=O) groups is 1. The summed E-state index contributed by atoms with van der Waals surface area (Å²) in [5.41, 5.74) is 1.87. The molecule has 0 heterocycles. The Kier molecular flexibility index (Phi) is 7.73. The topological polar surface area (TPSA) is 142 Å². The molecular weight excluding hydrogens is 468 g/mol. The van der Waals surface area contributed by atoms with Crippen molar-refractivity contribution in [1.82, 2.24) is 14.9 Å². The largest absolute Gasteiger partial charge is 0.289 e. The van der Waals surface area contributed by atoms with Crippen molar-refractivity contribution in [2.45, 2.75) is 42.0 Å². The second-order valence-corrected chi connectivity index (χ2v) is 11.3. The lowest BCUT2D eigenvalue weighted by molar-refractivity contribution is -0.130. The Balaban J connectivity index is 2.23. The molecular formula is C19H23F2N3O6S2. The molecule has 0 aliphatic heterocycles. The van der Waals surface area contributed by atoms with E-state index in [4.69, 9.17) is 5.21 Å². The molecule has 0 spiro atoms. The molecule has 1 amide bonds. The van der Waals surface area contributed by atoms with Crippen molar-refractivity contribution < 1.29 is 35.6 Å². The first-order valence-electron chi connectivity index (χ1n) is 9.19. The average Bonchev–Trinajstić information content (AvgIpc) is 2.69. The van der Waals surface area contributed by atoms with E-state index in [9.17, 15) is 30.4 Å². The molecule has 0 aliphatic carbocycles. The molecule has 0 fully saturated rings. The van der Waals surface area contributed by atoms with Crippen LogP contribution in [0.15, 0.2) is 52.3 Å². The fraction of sp³-hybridized carbons (Fsp3) is 0.316. The second kappa shape index (κ2) is 9.58. The van der Waals surface area contributed by atoms with Gasteiger partial charge in [-0.05, 0) is 35.2 Å². The molecule has 0 saturated heterocycles. The smallest absolute Gasteiger partial charge is 0.262 e. The highest BCUT2D eigenvalue weighted by molar-refractivity contribution is 7.90. The molecule has 0 radical (unpaired) electrons. The summed E-state index contributed by atoms with van der Waals surface area (Å²) in [4.78, 5) is 10.8. The fourth-order valence-corrected chi connectivity index (χ4v) is 4.92. The first kappa shape index (κ1) is 25.8. The predicted molar refractivity (Wildman–Crippen MR) is 111 cm³/mol. The molecule has 2 aromatic rings. The van der Waals surface area contributed by atoms with Crippen molar-refractivity contribution in [3.05, 3.63) is 59.7 Å². The monoisotopic (exact) mass is 491 g/mol. The first-order chi connectivity index (χ1) is 14.7. The standard InChI is InChI=1S/C19H23F2N3O6S2/c1-19(2,3)12-4-7-14(8-5-12)31(27,28)22-11-16(18(25)23-26)24-32(29,30)17-9-6-13(20)10-15(17)21/h4-10,16,22,24,26H,11H2,1-3H3,(H,23,25). The quantitative estimate of drug-likeness (QED) is 0.325. The molecule has 0 aliphatic rings. The predicted octanol–water partition coefficient (Wildman–Crippen LogP) is 1.39. The van der Waals surface area contributed by atoms with Crippen LogP contribution in [-0.2, 0) is 30.3 Å². The van der Waals surface area contributed by atoms with Crippen LogP contribution in [0.25, 0.3) is 0 Å². The Morgan fingerprint density at radius 2 is 1.59 bits per heavy atom. The third-order valence-electron chi connectivity index (χ3n) is 4.42. The minimum atomic E-state index is -4.71. The van der Waals surface area contributed by atoms with Crippen molar-refractivity contribution in [2.24, 2.45) is 0 Å². The van der Waals surface area contributed by atoms with Crippen LogP contribution < -0.4 is 14.9 Å². The number of hydroxylamine groups is 1. The van der Waals surface area contributed by atoms with Gasteiger partial charge in [-0.15, -0.1) is 0 Å². The van der Waals surface area contributed by atoms with Gasteiger partial charge in [-0.1, -0.05) is 32.9 Å². The fourth-order valence-electron chi connectivity index (χ4n) is 2.62. The lowest BCUT2D eigenvalue weighted by Gasteiger charge is -2.20. The van der Waals surface area contributed by atoms with Gasteiger partial charge in [0.2, 0.25) is 20.0 Å². The van der Waals surface area contributed by atoms with E-state index in [0.29, 0.717) is 18.2 Å². The molecule has 0 aromatic heterocycles. The van der Waals surface area contributed by atoms with Gasteiger partial charge in [-0.25, -0.2) is 35.8 Å². The summed E-state index contributed by atoms with van der Waals surface area (Å²) in [7, 11) is -8.88. The van der Waals surface area contributed by atoms with Crippen molar-refractivity contribution in [1.29, 1.82) is 0 Å². The number of sulfonamides is 2. The van der Waals surface area contributed by atoms with E-state index in [2.05, 4.69) is 4.72 Å². The minimum absolute atomic E-state index is 0.138. The zero-order chi connectivity index (χ0) is 24.3. The Hall–Kier alpha value is -2.45. The zero-order valence-corrected chi connectivity index (χ0v) is 19.0. The highest BCUT2D eigenvalue weighted by Gasteiger charge is 2.29. The van der Waals surface area contributed by atoms with Crippen molar-refractivity contribution in [2.75, 3.05) is 6.54 Å².